The Morgan fingerprint density at radius 3 is 3.05 bits per heavy atom. The third kappa shape index (κ3) is 2.58. The number of hydrogen-bond acceptors (Lipinski definition) is 3. The first kappa shape index (κ1) is 13.6. The number of aryl methyl sites for hydroxylation is 1. The van der Waals surface area contributed by atoms with Crippen LogP contribution < -0.4 is 5.32 Å². The van der Waals surface area contributed by atoms with Gasteiger partial charge in [0.05, 0.1) is 21.1 Å². The second kappa shape index (κ2) is 5.55. The van der Waals surface area contributed by atoms with Crippen LogP contribution >= 0.6 is 27.3 Å². The molecule has 102 valence electrons. The molecule has 1 aromatic heterocycles. The maximum absolute atomic E-state index is 13.2. The van der Waals surface area contributed by atoms with E-state index in [9.17, 15) is 4.39 Å². The number of nitrogens with zero attached hydrogens (tertiary/aromatic N) is 1. The Hall–Kier alpha value is -1.38. The smallest absolute Gasteiger partial charge is 0.124 e. The number of nitriles is 1. The van der Waals surface area contributed by atoms with Gasteiger partial charge in [0.2, 0.25) is 0 Å². The fourth-order valence-electron chi connectivity index (χ4n) is 2.59. The molecule has 0 fully saturated rings. The summed E-state index contributed by atoms with van der Waals surface area (Å²) >= 11 is 5.30. The van der Waals surface area contributed by atoms with Gasteiger partial charge < -0.3 is 5.32 Å². The van der Waals surface area contributed by atoms with Gasteiger partial charge in [-0.3, -0.25) is 0 Å². The summed E-state index contributed by atoms with van der Waals surface area (Å²) in [5, 5.41) is 12.5. The summed E-state index contributed by atoms with van der Waals surface area (Å²) in [6, 6.07) is 8.69. The molecule has 0 bridgehead atoms. The van der Waals surface area contributed by atoms with Crippen LogP contribution in [0.25, 0.3) is 0 Å². The van der Waals surface area contributed by atoms with E-state index in [1.54, 1.807) is 17.4 Å². The predicted molar refractivity (Wildman–Crippen MR) is 82.4 cm³/mol. The predicted octanol–water partition coefficient (Wildman–Crippen LogP) is 5.01. The van der Waals surface area contributed by atoms with Gasteiger partial charge in [-0.1, -0.05) is 0 Å². The molecule has 1 atom stereocenters. The molecule has 1 heterocycles. The van der Waals surface area contributed by atoms with E-state index >= 15 is 0 Å². The van der Waals surface area contributed by atoms with Crippen LogP contribution in [0.5, 0.6) is 0 Å². The lowest BCUT2D eigenvalue weighted by Gasteiger charge is -2.25. The Morgan fingerprint density at radius 2 is 2.25 bits per heavy atom. The first-order valence-corrected chi connectivity index (χ1v) is 8.02. The minimum absolute atomic E-state index is 0.193. The van der Waals surface area contributed by atoms with E-state index in [-0.39, 0.29) is 11.9 Å². The molecular weight excluding hydrogens is 339 g/mol. The quantitative estimate of drug-likeness (QED) is 0.826. The van der Waals surface area contributed by atoms with Crippen LogP contribution in [0.4, 0.5) is 10.1 Å². The fourth-order valence-corrected chi connectivity index (χ4v) is 4.41. The lowest BCUT2D eigenvalue weighted by Crippen LogP contribution is -2.16. The van der Waals surface area contributed by atoms with Crippen molar-refractivity contribution in [2.75, 3.05) is 5.32 Å². The lowest BCUT2D eigenvalue weighted by molar-refractivity contribution is 0.607. The zero-order valence-electron chi connectivity index (χ0n) is 10.6. The average molecular weight is 351 g/mol. The van der Waals surface area contributed by atoms with E-state index < -0.39 is 0 Å². The molecule has 0 radical (unpaired) electrons. The average Bonchev–Trinajstić information content (AvgIpc) is 2.82. The second-order valence-corrected chi connectivity index (χ2v) is 7.34. The van der Waals surface area contributed by atoms with Gasteiger partial charge >= 0.3 is 0 Å². The minimum atomic E-state index is -0.380. The Kier molecular flexibility index (Phi) is 3.77. The molecule has 0 saturated carbocycles. The van der Waals surface area contributed by atoms with Gasteiger partial charge in [0, 0.05) is 4.88 Å². The molecule has 0 aliphatic heterocycles. The molecule has 1 unspecified atom stereocenters. The van der Waals surface area contributed by atoms with Gasteiger partial charge in [-0.05, 0) is 65.0 Å². The molecule has 2 nitrogen and oxygen atoms in total. The summed E-state index contributed by atoms with van der Waals surface area (Å²) in [6.45, 7) is 0. The number of nitrogens with one attached hydrogen (secondary N) is 1. The van der Waals surface area contributed by atoms with Crippen molar-refractivity contribution in [1.29, 1.82) is 5.26 Å². The van der Waals surface area contributed by atoms with Gasteiger partial charge in [0.25, 0.3) is 0 Å². The number of halogens is 2. The Balaban J connectivity index is 1.91. The van der Waals surface area contributed by atoms with Gasteiger partial charge in [0.15, 0.2) is 0 Å². The van der Waals surface area contributed by atoms with Crippen LogP contribution in [0.15, 0.2) is 28.1 Å². The normalized spacial score (nSPS) is 17.4. The summed E-state index contributed by atoms with van der Waals surface area (Å²) < 4.78 is 14.3. The van der Waals surface area contributed by atoms with E-state index in [1.165, 1.54) is 22.6 Å². The van der Waals surface area contributed by atoms with Crippen molar-refractivity contribution < 1.29 is 4.39 Å². The standard InChI is InChI=1S/C15H12BrFN2S/c16-15-7-11-13(2-1-3-14(11)20-15)19-12-5-4-10(17)6-9(12)8-18/h4-7,13,19H,1-3H2. The summed E-state index contributed by atoms with van der Waals surface area (Å²) in [6.07, 6.45) is 3.26. The molecule has 0 amide bonds. The topological polar surface area (TPSA) is 35.8 Å². The molecule has 5 heteroatoms. The van der Waals surface area contributed by atoms with E-state index in [0.29, 0.717) is 11.3 Å². The molecule has 1 aliphatic carbocycles. The first-order valence-electron chi connectivity index (χ1n) is 6.41. The highest BCUT2D eigenvalue weighted by Crippen LogP contribution is 2.39. The molecule has 3 rings (SSSR count). The van der Waals surface area contributed by atoms with E-state index in [2.05, 4.69) is 27.3 Å². The summed E-state index contributed by atoms with van der Waals surface area (Å²) in [7, 11) is 0. The Morgan fingerprint density at radius 1 is 1.40 bits per heavy atom. The Labute approximate surface area is 129 Å². The van der Waals surface area contributed by atoms with E-state index in [4.69, 9.17) is 5.26 Å². The van der Waals surface area contributed by atoms with Gasteiger partial charge in [-0.25, -0.2) is 4.39 Å². The van der Waals surface area contributed by atoms with E-state index in [1.807, 2.05) is 6.07 Å². The second-order valence-electron chi connectivity index (χ2n) is 4.82. The van der Waals surface area contributed by atoms with Crippen molar-refractivity contribution in [1.82, 2.24) is 0 Å². The van der Waals surface area contributed by atoms with Crippen LogP contribution in [0.2, 0.25) is 0 Å². The van der Waals surface area contributed by atoms with Crippen LogP contribution in [-0.4, -0.2) is 0 Å². The minimum Gasteiger partial charge on any atom is -0.377 e. The number of hydrogen-bond donors (Lipinski definition) is 1. The summed E-state index contributed by atoms with van der Waals surface area (Å²) in [5.74, 6) is -0.380. The third-order valence-electron chi connectivity index (χ3n) is 3.52. The van der Waals surface area contributed by atoms with Crippen LogP contribution in [0, 0.1) is 17.1 Å². The van der Waals surface area contributed by atoms with Crippen molar-refractivity contribution in [3.05, 3.63) is 49.9 Å². The molecule has 1 aliphatic rings. The molecule has 20 heavy (non-hydrogen) atoms. The number of rotatable bonds is 2. The molecular formula is C15H12BrFN2S. The number of anilines is 1. The van der Waals surface area contributed by atoms with Crippen molar-refractivity contribution in [3.8, 4) is 6.07 Å². The molecule has 0 spiro atoms. The monoisotopic (exact) mass is 350 g/mol. The zero-order chi connectivity index (χ0) is 14.1. The molecule has 1 aromatic carbocycles. The Bertz CT molecular complexity index is 690. The van der Waals surface area contributed by atoms with Crippen LogP contribution in [0.3, 0.4) is 0 Å². The molecule has 1 N–H and O–H groups in total. The maximum Gasteiger partial charge on any atom is 0.124 e. The number of benzene rings is 1. The van der Waals surface area contributed by atoms with Gasteiger partial charge in [-0.2, -0.15) is 5.26 Å². The van der Waals surface area contributed by atoms with Gasteiger partial charge in [0.1, 0.15) is 11.9 Å². The summed E-state index contributed by atoms with van der Waals surface area (Å²) in [5.41, 5.74) is 2.35. The maximum atomic E-state index is 13.2. The highest BCUT2D eigenvalue weighted by Gasteiger charge is 2.23. The van der Waals surface area contributed by atoms with Crippen molar-refractivity contribution in [2.45, 2.75) is 25.3 Å². The largest absolute Gasteiger partial charge is 0.377 e. The van der Waals surface area contributed by atoms with E-state index in [0.717, 1.165) is 23.0 Å². The highest BCUT2D eigenvalue weighted by molar-refractivity contribution is 9.11. The van der Waals surface area contributed by atoms with Crippen LogP contribution in [-0.2, 0) is 6.42 Å². The molecule has 0 saturated heterocycles. The lowest BCUT2D eigenvalue weighted by atomic mass is 9.93. The summed E-state index contributed by atoms with van der Waals surface area (Å²) in [4.78, 5) is 1.39. The third-order valence-corrected chi connectivity index (χ3v) is 5.23. The first-order chi connectivity index (χ1) is 9.67. The SMILES string of the molecule is N#Cc1cc(F)ccc1NC1CCCc2sc(Br)cc21. The molecule has 2 aromatic rings. The van der Waals surface area contributed by atoms with Gasteiger partial charge in [-0.15, -0.1) is 11.3 Å². The van der Waals surface area contributed by atoms with Crippen molar-refractivity contribution in [2.24, 2.45) is 0 Å². The zero-order valence-corrected chi connectivity index (χ0v) is 13.0. The fraction of sp³-hybridized carbons (Fsp3) is 0.267. The van der Waals surface area contributed by atoms with Crippen molar-refractivity contribution >= 4 is 33.0 Å². The highest BCUT2D eigenvalue weighted by atomic mass is 79.9. The number of fused-ring (bicyclic) bond motifs is 1. The number of thiophene rings is 1. The van der Waals surface area contributed by atoms with Crippen molar-refractivity contribution in [3.63, 3.8) is 0 Å². The van der Waals surface area contributed by atoms with Crippen LogP contribution in [0.1, 0.15) is 34.9 Å².